The van der Waals surface area contributed by atoms with Gasteiger partial charge in [0.25, 0.3) is 0 Å². The number of rotatable bonds is 1. The zero-order valence-corrected chi connectivity index (χ0v) is 7.34. The van der Waals surface area contributed by atoms with Crippen molar-refractivity contribution in [2.24, 2.45) is 5.90 Å². The van der Waals surface area contributed by atoms with E-state index in [-0.39, 0.29) is 0 Å². The van der Waals surface area contributed by atoms with Gasteiger partial charge >= 0.3 is 0 Å². The highest BCUT2D eigenvalue weighted by molar-refractivity contribution is 9.08. The third-order valence-corrected chi connectivity index (χ3v) is 0.879. The van der Waals surface area contributed by atoms with E-state index in [4.69, 9.17) is 5.90 Å². The van der Waals surface area contributed by atoms with Crippen LogP contribution in [-0.2, 0) is 0 Å². The first-order valence-corrected chi connectivity index (χ1v) is 4.31. The van der Waals surface area contributed by atoms with Crippen molar-refractivity contribution < 1.29 is 4.84 Å². The van der Waals surface area contributed by atoms with Crippen molar-refractivity contribution in [2.45, 2.75) is 0 Å². The van der Waals surface area contributed by atoms with E-state index >= 15 is 0 Å². The molecule has 1 aromatic carbocycles. The third kappa shape index (κ3) is 3.48. The average Bonchev–Trinajstić information content (AvgIpc) is 2.10. The van der Waals surface area contributed by atoms with Gasteiger partial charge in [-0.1, -0.05) is 34.1 Å². The zero-order chi connectivity index (χ0) is 7.82. The van der Waals surface area contributed by atoms with E-state index in [1.165, 1.54) is 0 Å². The lowest BCUT2D eigenvalue weighted by atomic mass is 10.3. The molecule has 0 amide bonds. The lowest BCUT2D eigenvalue weighted by Gasteiger charge is -1.92. The predicted octanol–water partition coefficient (Wildman–Crippen LogP) is 1.95. The Morgan fingerprint density at radius 3 is 2.00 bits per heavy atom. The highest BCUT2D eigenvalue weighted by Gasteiger charge is 1.81. The maximum atomic E-state index is 4.85. The molecule has 1 rings (SSSR count). The molecular weight excluding hydrogens is 194 g/mol. The lowest BCUT2D eigenvalue weighted by molar-refractivity contribution is 0.334. The van der Waals surface area contributed by atoms with Crippen LogP contribution in [0.3, 0.4) is 0 Å². The van der Waals surface area contributed by atoms with E-state index in [1.807, 2.05) is 24.0 Å². The van der Waals surface area contributed by atoms with Crippen molar-refractivity contribution in [1.82, 2.24) is 0 Å². The average molecular weight is 204 g/mol. The first-order valence-electron chi connectivity index (χ1n) is 2.73. The van der Waals surface area contributed by atoms with E-state index in [0.29, 0.717) is 5.75 Å². The van der Waals surface area contributed by atoms with E-state index < -0.39 is 0 Å². The molecule has 0 spiro atoms. The van der Waals surface area contributed by atoms with E-state index in [0.717, 1.165) is 0 Å². The predicted molar refractivity (Wildman–Crippen MR) is 46.1 cm³/mol. The molecule has 0 radical (unpaired) electrons. The fraction of sp³-hybridized carbons (Fsp3) is 0.143. The van der Waals surface area contributed by atoms with E-state index in [2.05, 4.69) is 20.8 Å². The van der Waals surface area contributed by atoms with Crippen molar-refractivity contribution in [3.05, 3.63) is 30.3 Å². The molecule has 3 heteroatoms. The van der Waals surface area contributed by atoms with Crippen LogP contribution in [0.2, 0.25) is 0 Å². The van der Waals surface area contributed by atoms with Crippen LogP contribution in [0.25, 0.3) is 0 Å². The summed E-state index contributed by atoms with van der Waals surface area (Å²) in [6, 6.07) is 9.22. The number of nitrogens with two attached hydrogens (primary N) is 1. The van der Waals surface area contributed by atoms with Gasteiger partial charge in [-0.25, -0.2) is 0 Å². The molecule has 56 valence electrons. The third-order valence-electron chi connectivity index (χ3n) is 0.879. The summed E-state index contributed by atoms with van der Waals surface area (Å²) in [5.74, 6) is 7.35. The molecule has 0 fully saturated rings. The summed E-state index contributed by atoms with van der Waals surface area (Å²) in [6.45, 7) is 0. The lowest BCUT2D eigenvalue weighted by Crippen LogP contribution is -2.00. The summed E-state index contributed by atoms with van der Waals surface area (Å²) in [7, 11) is 0. The van der Waals surface area contributed by atoms with Gasteiger partial charge < -0.3 is 4.84 Å². The molecule has 1 aromatic rings. The van der Waals surface area contributed by atoms with Crippen LogP contribution in [0.5, 0.6) is 5.75 Å². The molecule has 0 aliphatic rings. The van der Waals surface area contributed by atoms with Crippen molar-refractivity contribution in [1.29, 1.82) is 0 Å². The Kier molecular flexibility index (Phi) is 6.22. The minimum atomic E-state index is 0.688. The molecule has 2 N–H and O–H groups in total. The molecule has 0 atom stereocenters. The second kappa shape index (κ2) is 6.58. The summed E-state index contributed by atoms with van der Waals surface area (Å²) in [4.78, 5) is 4.41. The van der Waals surface area contributed by atoms with Gasteiger partial charge in [-0.05, 0) is 18.0 Å². The molecule has 0 saturated carbocycles. The summed E-state index contributed by atoms with van der Waals surface area (Å²) >= 11 is 2.94. The fourth-order valence-electron chi connectivity index (χ4n) is 0.499. The van der Waals surface area contributed by atoms with Gasteiger partial charge in [0.1, 0.15) is 5.75 Å². The SMILES string of the molecule is CBr.NOc1ccccc1. The molecule has 0 aliphatic heterocycles. The Morgan fingerprint density at radius 2 is 1.70 bits per heavy atom. The fourth-order valence-corrected chi connectivity index (χ4v) is 0.499. The van der Waals surface area contributed by atoms with Gasteiger partial charge in [-0.2, -0.15) is 5.90 Å². The Morgan fingerprint density at radius 1 is 1.20 bits per heavy atom. The molecule has 0 bridgehead atoms. The van der Waals surface area contributed by atoms with Crippen LogP contribution < -0.4 is 10.7 Å². The summed E-state index contributed by atoms with van der Waals surface area (Å²) in [5.41, 5.74) is 0. The first-order chi connectivity index (χ1) is 4.93. The highest BCUT2D eigenvalue weighted by atomic mass is 79.9. The number of para-hydroxylation sites is 1. The molecule has 0 aliphatic carbocycles. The minimum Gasteiger partial charge on any atom is -0.412 e. The van der Waals surface area contributed by atoms with E-state index in [1.54, 1.807) is 12.1 Å². The molecule has 0 saturated heterocycles. The van der Waals surface area contributed by atoms with Crippen LogP contribution >= 0.6 is 15.9 Å². The van der Waals surface area contributed by atoms with Crippen LogP contribution in [0.1, 0.15) is 0 Å². The maximum absolute atomic E-state index is 4.85. The smallest absolute Gasteiger partial charge is 0.146 e. The Bertz CT molecular complexity index is 155. The van der Waals surface area contributed by atoms with Crippen molar-refractivity contribution in [3.8, 4) is 5.75 Å². The zero-order valence-electron chi connectivity index (χ0n) is 5.75. The van der Waals surface area contributed by atoms with Gasteiger partial charge in [0, 0.05) is 0 Å². The van der Waals surface area contributed by atoms with Crippen molar-refractivity contribution >= 4 is 15.9 Å². The minimum absolute atomic E-state index is 0.688. The van der Waals surface area contributed by atoms with Crippen LogP contribution in [0, 0.1) is 0 Å². The first kappa shape index (κ1) is 9.46. The molecule has 2 nitrogen and oxygen atoms in total. The number of alkyl halides is 1. The van der Waals surface area contributed by atoms with Gasteiger partial charge in [0.2, 0.25) is 0 Å². The van der Waals surface area contributed by atoms with Gasteiger partial charge in [0.15, 0.2) is 0 Å². The van der Waals surface area contributed by atoms with Gasteiger partial charge in [0.05, 0.1) is 0 Å². The molecule has 10 heavy (non-hydrogen) atoms. The van der Waals surface area contributed by atoms with Crippen molar-refractivity contribution in [2.75, 3.05) is 5.83 Å². The molecular formula is C7H10BrNO. The second-order valence-electron chi connectivity index (χ2n) is 1.43. The molecule has 0 aromatic heterocycles. The largest absolute Gasteiger partial charge is 0.412 e. The normalized spacial score (nSPS) is 7.50. The maximum Gasteiger partial charge on any atom is 0.146 e. The second-order valence-corrected chi connectivity index (χ2v) is 1.43. The van der Waals surface area contributed by atoms with Crippen molar-refractivity contribution in [3.63, 3.8) is 0 Å². The van der Waals surface area contributed by atoms with Gasteiger partial charge in [-0.3, -0.25) is 0 Å². The van der Waals surface area contributed by atoms with Crippen LogP contribution in [0.15, 0.2) is 30.3 Å². The summed E-state index contributed by atoms with van der Waals surface area (Å²) in [5, 5.41) is 0. The van der Waals surface area contributed by atoms with Crippen LogP contribution in [0.4, 0.5) is 0 Å². The number of hydrogen-bond acceptors (Lipinski definition) is 2. The van der Waals surface area contributed by atoms with Crippen LogP contribution in [-0.4, -0.2) is 5.83 Å². The quantitative estimate of drug-likeness (QED) is 0.560. The molecule has 0 unspecified atom stereocenters. The molecule has 0 heterocycles. The highest BCUT2D eigenvalue weighted by Crippen LogP contribution is 2.04. The monoisotopic (exact) mass is 203 g/mol. The number of halogens is 1. The topological polar surface area (TPSA) is 35.2 Å². The summed E-state index contributed by atoms with van der Waals surface area (Å²) < 4.78 is 0. The standard InChI is InChI=1S/C6H7NO.CH3Br/c7-8-6-4-2-1-3-5-6;1-2/h1-5H,7H2;1H3. The summed E-state index contributed by atoms with van der Waals surface area (Å²) in [6.07, 6.45) is 0. The van der Waals surface area contributed by atoms with E-state index in [9.17, 15) is 0 Å². The van der Waals surface area contributed by atoms with Gasteiger partial charge in [-0.15, -0.1) is 0 Å². The Balaban J connectivity index is 0.000000371. The Hall–Kier alpha value is -0.540. The Labute approximate surface area is 69.1 Å². The number of hydrogen-bond donors (Lipinski definition) is 1. The number of benzene rings is 1.